The number of anilines is 1. The summed E-state index contributed by atoms with van der Waals surface area (Å²) < 4.78 is 0. The molecule has 1 aromatic heterocycles. The molecular weight excluding hydrogens is 506 g/mol. The summed E-state index contributed by atoms with van der Waals surface area (Å²) in [6.45, 7) is 1.81. The number of nitrogens with two attached hydrogens (primary N) is 1. The topological polar surface area (TPSA) is 142 Å². The zero-order chi connectivity index (χ0) is 28.5. The maximum atomic E-state index is 12.9. The summed E-state index contributed by atoms with van der Waals surface area (Å²) in [6, 6.07) is 19.7. The summed E-state index contributed by atoms with van der Waals surface area (Å²) in [6.07, 6.45) is 3.63. The minimum atomic E-state index is -0.913. The predicted molar refractivity (Wildman–Crippen MR) is 153 cm³/mol. The average molecular weight is 544 g/mol. The van der Waals surface area contributed by atoms with E-state index in [4.69, 9.17) is 5.73 Å². The smallest absolute Gasteiger partial charge is 0.407 e. The molecule has 0 aliphatic heterocycles. The summed E-state index contributed by atoms with van der Waals surface area (Å²) in [7, 11) is 1.61. The first-order valence-corrected chi connectivity index (χ1v) is 13.8. The van der Waals surface area contributed by atoms with E-state index in [9.17, 15) is 19.8 Å². The molecule has 0 spiro atoms. The lowest BCUT2D eigenvalue weighted by molar-refractivity contribution is -0.117. The van der Waals surface area contributed by atoms with Crippen LogP contribution >= 0.6 is 0 Å². The number of hydrogen-bond acceptors (Lipinski definition) is 6. The number of nitrogens with zero attached hydrogens (tertiary/aromatic N) is 3. The molecule has 2 aromatic carbocycles. The first-order chi connectivity index (χ1) is 19.0. The van der Waals surface area contributed by atoms with Crippen LogP contribution < -0.4 is 11.1 Å². The normalized spacial score (nSPS) is 26.0. The highest BCUT2D eigenvalue weighted by Crippen LogP contribution is 2.46. The minimum absolute atomic E-state index is 0.0108. The fraction of sp³-hybridized carbons (Fsp3) is 0.419. The summed E-state index contributed by atoms with van der Waals surface area (Å²) >= 11 is 0. The molecule has 0 radical (unpaired) electrons. The molecular formula is C31H37N5O4. The minimum Gasteiger partial charge on any atom is -0.465 e. The van der Waals surface area contributed by atoms with Crippen LogP contribution in [0.25, 0.3) is 22.4 Å². The molecule has 9 nitrogen and oxygen atoms in total. The van der Waals surface area contributed by atoms with Gasteiger partial charge in [0.1, 0.15) is 5.69 Å². The third-order valence-corrected chi connectivity index (χ3v) is 8.41. The number of rotatable bonds is 7. The monoisotopic (exact) mass is 543 g/mol. The van der Waals surface area contributed by atoms with Crippen molar-refractivity contribution < 1.29 is 19.8 Å². The molecule has 0 bridgehead atoms. The molecule has 3 aromatic rings. The second kappa shape index (κ2) is 11.0. The van der Waals surface area contributed by atoms with E-state index < -0.39 is 17.2 Å². The van der Waals surface area contributed by atoms with Crippen LogP contribution in [0.3, 0.4) is 0 Å². The van der Waals surface area contributed by atoms with Gasteiger partial charge in [-0.2, -0.15) is 0 Å². The van der Waals surface area contributed by atoms with Gasteiger partial charge >= 0.3 is 6.09 Å². The van der Waals surface area contributed by atoms with Crippen LogP contribution in [0.4, 0.5) is 10.6 Å². The lowest BCUT2D eigenvalue weighted by Gasteiger charge is -2.49. The van der Waals surface area contributed by atoms with E-state index in [1.54, 1.807) is 14.0 Å². The van der Waals surface area contributed by atoms with Gasteiger partial charge in [0.2, 0.25) is 5.91 Å². The molecule has 2 amide bonds. The molecule has 0 atom stereocenters. The maximum Gasteiger partial charge on any atom is 0.407 e. The highest BCUT2D eigenvalue weighted by atomic mass is 16.4. The zero-order valence-corrected chi connectivity index (χ0v) is 23.0. The number of aromatic nitrogens is 2. The van der Waals surface area contributed by atoms with Crippen molar-refractivity contribution in [2.75, 3.05) is 12.4 Å². The van der Waals surface area contributed by atoms with Crippen LogP contribution in [-0.2, 0) is 10.3 Å². The van der Waals surface area contributed by atoms with Gasteiger partial charge in [-0.3, -0.25) is 4.79 Å². The van der Waals surface area contributed by atoms with Gasteiger partial charge in [0.05, 0.1) is 5.60 Å². The lowest BCUT2D eigenvalue weighted by atomic mass is 9.63. The van der Waals surface area contributed by atoms with E-state index in [0.717, 1.165) is 47.9 Å². The first-order valence-electron chi connectivity index (χ1n) is 13.8. The van der Waals surface area contributed by atoms with Gasteiger partial charge in [-0.25, -0.2) is 4.79 Å². The largest absolute Gasteiger partial charge is 0.465 e. The number of amides is 2. The van der Waals surface area contributed by atoms with Crippen molar-refractivity contribution in [3.05, 3.63) is 66.2 Å². The Morgan fingerprint density at radius 1 is 1.00 bits per heavy atom. The Bertz CT molecular complexity index is 1360. The van der Waals surface area contributed by atoms with E-state index in [2.05, 4.69) is 15.5 Å². The van der Waals surface area contributed by atoms with E-state index >= 15 is 0 Å². The lowest BCUT2D eigenvalue weighted by Crippen LogP contribution is -2.58. The van der Waals surface area contributed by atoms with Crippen molar-refractivity contribution in [1.82, 2.24) is 15.1 Å². The number of nitrogens with one attached hydrogen (secondary N) is 1. The van der Waals surface area contributed by atoms with Gasteiger partial charge in [0.15, 0.2) is 5.82 Å². The molecule has 5 N–H and O–H groups in total. The Morgan fingerprint density at radius 3 is 2.25 bits per heavy atom. The number of carboxylic acid groups (broad SMARTS) is 1. The molecule has 1 heterocycles. The van der Waals surface area contributed by atoms with Gasteiger partial charge < -0.3 is 26.2 Å². The van der Waals surface area contributed by atoms with Crippen molar-refractivity contribution in [3.8, 4) is 22.4 Å². The summed E-state index contributed by atoms with van der Waals surface area (Å²) in [5.41, 5.74) is 9.63. The fourth-order valence-corrected chi connectivity index (χ4v) is 6.32. The Labute approximate surface area is 234 Å². The molecule has 40 heavy (non-hydrogen) atoms. The molecule has 9 heteroatoms. The van der Waals surface area contributed by atoms with Gasteiger partial charge in [-0.15, -0.1) is 10.2 Å². The maximum absolute atomic E-state index is 12.9. The highest BCUT2D eigenvalue weighted by Gasteiger charge is 2.49. The van der Waals surface area contributed by atoms with Gasteiger partial charge in [0.25, 0.3) is 0 Å². The SMILES string of the molecule is CN(C(=O)O)C1CCC(CC(=O)Nc2cc(-c3ccccc3)c(-c3ccc([C@]4(N)C[C@](C)(O)C4)cc3)nn2)CC1. The van der Waals surface area contributed by atoms with Crippen LogP contribution in [0, 0.1) is 5.92 Å². The molecule has 0 unspecified atom stereocenters. The Balaban J connectivity index is 1.30. The Kier molecular flexibility index (Phi) is 7.61. The quantitative estimate of drug-likeness (QED) is 0.328. The summed E-state index contributed by atoms with van der Waals surface area (Å²) in [5.74, 6) is 0.481. The van der Waals surface area contributed by atoms with E-state index in [1.807, 2.05) is 60.7 Å². The van der Waals surface area contributed by atoms with Gasteiger partial charge in [-0.1, -0.05) is 54.6 Å². The standard InChI is InChI=1S/C31H37N5O4/c1-30(40)18-31(32,19-30)23-12-10-22(11-13-23)28-25(21-6-4-3-5-7-21)17-26(34-35-28)33-27(37)16-20-8-14-24(15-9-20)36(2)29(38)39/h3-7,10-13,17,20,24,40H,8-9,14-16,18-19,32H2,1-2H3,(H,38,39)(H,33,34,37)/t20?,24?,30-,31-. The highest BCUT2D eigenvalue weighted by molar-refractivity contribution is 5.91. The van der Waals surface area contributed by atoms with Crippen molar-refractivity contribution in [1.29, 1.82) is 0 Å². The van der Waals surface area contributed by atoms with E-state index in [-0.39, 0.29) is 17.9 Å². The van der Waals surface area contributed by atoms with Crippen molar-refractivity contribution in [2.24, 2.45) is 11.7 Å². The van der Waals surface area contributed by atoms with Crippen LogP contribution in [0.2, 0.25) is 0 Å². The number of carbonyl (C=O) groups excluding carboxylic acids is 1. The number of aliphatic hydroxyl groups is 1. The molecule has 0 saturated heterocycles. The molecule has 2 fully saturated rings. The zero-order valence-electron chi connectivity index (χ0n) is 23.0. The van der Waals surface area contributed by atoms with Crippen molar-refractivity contribution in [3.63, 3.8) is 0 Å². The molecule has 2 saturated carbocycles. The Morgan fingerprint density at radius 2 is 1.65 bits per heavy atom. The third-order valence-electron chi connectivity index (χ3n) is 8.41. The molecule has 2 aliphatic carbocycles. The first kappa shape index (κ1) is 27.7. The second-order valence-corrected chi connectivity index (χ2v) is 11.8. The van der Waals surface area contributed by atoms with Gasteiger partial charge in [0, 0.05) is 36.2 Å². The van der Waals surface area contributed by atoms with E-state index in [0.29, 0.717) is 30.8 Å². The molecule has 2 aliphatic rings. The predicted octanol–water partition coefficient (Wildman–Crippen LogP) is 5.01. The van der Waals surface area contributed by atoms with Gasteiger partial charge in [-0.05, 0) is 68.6 Å². The number of benzene rings is 2. The van der Waals surface area contributed by atoms with Crippen LogP contribution in [0.15, 0.2) is 60.7 Å². The molecule has 210 valence electrons. The average Bonchev–Trinajstić information content (AvgIpc) is 2.92. The van der Waals surface area contributed by atoms with Crippen LogP contribution in [-0.4, -0.2) is 56.0 Å². The van der Waals surface area contributed by atoms with Crippen LogP contribution in [0.1, 0.15) is 57.4 Å². The third kappa shape index (κ3) is 6.00. The fourth-order valence-electron chi connectivity index (χ4n) is 6.32. The molecule has 5 rings (SSSR count). The van der Waals surface area contributed by atoms with Crippen LogP contribution in [0.5, 0.6) is 0 Å². The summed E-state index contributed by atoms with van der Waals surface area (Å²) in [5, 5.41) is 31.2. The second-order valence-electron chi connectivity index (χ2n) is 11.8. The number of carbonyl (C=O) groups is 2. The van der Waals surface area contributed by atoms with Crippen molar-refractivity contribution >= 4 is 17.8 Å². The Hall–Kier alpha value is -3.82. The van der Waals surface area contributed by atoms with Crippen molar-refractivity contribution in [2.45, 2.75) is 69.1 Å². The number of hydrogen-bond donors (Lipinski definition) is 4. The summed E-state index contributed by atoms with van der Waals surface area (Å²) in [4.78, 5) is 25.5. The van der Waals surface area contributed by atoms with E-state index in [1.165, 1.54) is 4.90 Å².